The molecule has 0 saturated heterocycles. The van der Waals surface area contributed by atoms with Crippen LogP contribution in [0.25, 0.3) is 0 Å². The number of ether oxygens (including phenoxy) is 2. The van der Waals surface area contributed by atoms with E-state index in [2.05, 4.69) is 9.89 Å². The van der Waals surface area contributed by atoms with E-state index in [9.17, 15) is 27.6 Å². The summed E-state index contributed by atoms with van der Waals surface area (Å²) in [5.41, 5.74) is -2.83. The molecular formula is C24H21Cl2F3N2O6. The molecular weight excluding hydrogens is 540 g/mol. The summed E-state index contributed by atoms with van der Waals surface area (Å²) in [6.07, 6.45) is -8.70. The molecule has 0 fully saturated rings. The molecule has 1 heterocycles. The first-order valence-electron chi connectivity index (χ1n) is 10.7. The Balaban J connectivity index is 1.94. The van der Waals surface area contributed by atoms with Crippen molar-refractivity contribution in [2.75, 3.05) is 7.11 Å². The standard InChI is InChI=1S/C24H21Cl2F3N2O6/c1-12(2)36-22(34)31(21(33)35-4)20(32)18-6-5-14(7-13(18)3)19-11-23(37-30-19,24(27,28)29)15-8-16(25)10-17(26)9-15/h5-10,12H,11H2,1-4H3. The third kappa shape index (κ3) is 5.67. The molecule has 3 rings (SSSR count). The zero-order chi connectivity index (χ0) is 27.7. The third-order valence-electron chi connectivity index (χ3n) is 5.38. The van der Waals surface area contributed by atoms with E-state index in [0.29, 0.717) is 0 Å². The van der Waals surface area contributed by atoms with Crippen molar-refractivity contribution in [2.45, 2.75) is 45.1 Å². The summed E-state index contributed by atoms with van der Waals surface area (Å²) in [5.74, 6) is -1.04. The Morgan fingerprint density at radius 2 is 1.70 bits per heavy atom. The molecule has 3 amide bonds. The fourth-order valence-corrected chi connectivity index (χ4v) is 4.16. The van der Waals surface area contributed by atoms with Gasteiger partial charge in [-0.1, -0.05) is 34.4 Å². The largest absolute Gasteiger partial charge is 0.452 e. The quantitative estimate of drug-likeness (QED) is 0.416. The highest BCUT2D eigenvalue weighted by Crippen LogP contribution is 2.49. The van der Waals surface area contributed by atoms with Crippen LogP contribution in [0.15, 0.2) is 41.6 Å². The van der Waals surface area contributed by atoms with Gasteiger partial charge in [-0.25, -0.2) is 9.59 Å². The summed E-state index contributed by atoms with van der Waals surface area (Å²) in [7, 11) is 0.986. The van der Waals surface area contributed by atoms with Gasteiger partial charge in [-0.2, -0.15) is 13.2 Å². The molecule has 0 saturated carbocycles. The third-order valence-corrected chi connectivity index (χ3v) is 5.82. The number of halogens is 5. The Hall–Kier alpha value is -3.31. The molecule has 1 atom stereocenters. The number of nitrogens with zero attached hydrogens (tertiary/aromatic N) is 2. The van der Waals surface area contributed by atoms with Crippen LogP contribution in [-0.2, 0) is 19.9 Å². The van der Waals surface area contributed by atoms with E-state index in [0.717, 1.165) is 19.2 Å². The second-order valence-corrected chi connectivity index (χ2v) is 9.23. The van der Waals surface area contributed by atoms with Gasteiger partial charge in [0.05, 0.1) is 18.9 Å². The number of rotatable bonds is 4. The molecule has 198 valence electrons. The molecule has 0 radical (unpaired) electrons. The number of carbonyl (C=O) groups excluding carboxylic acids is 3. The van der Waals surface area contributed by atoms with Crippen molar-refractivity contribution in [1.82, 2.24) is 4.90 Å². The summed E-state index contributed by atoms with van der Waals surface area (Å²) in [5, 5.41) is 3.67. The number of hydrogen-bond acceptors (Lipinski definition) is 7. The van der Waals surface area contributed by atoms with Crippen molar-refractivity contribution in [3.63, 3.8) is 0 Å². The molecule has 0 aliphatic carbocycles. The van der Waals surface area contributed by atoms with Crippen LogP contribution in [0.5, 0.6) is 0 Å². The minimum atomic E-state index is -4.88. The fraction of sp³-hybridized carbons (Fsp3) is 0.333. The van der Waals surface area contributed by atoms with Crippen LogP contribution in [0.4, 0.5) is 22.8 Å². The number of carbonyl (C=O) groups is 3. The first kappa shape index (κ1) is 28.3. The molecule has 37 heavy (non-hydrogen) atoms. The Bertz CT molecular complexity index is 1260. The Morgan fingerprint density at radius 1 is 1.08 bits per heavy atom. The van der Waals surface area contributed by atoms with Gasteiger partial charge in [0.15, 0.2) is 0 Å². The monoisotopic (exact) mass is 560 g/mol. The maximum absolute atomic E-state index is 14.2. The molecule has 2 aromatic carbocycles. The SMILES string of the molecule is COC(=O)N(C(=O)OC(C)C)C(=O)c1ccc(C2=NOC(c3cc(Cl)cc(Cl)c3)(C(F)(F)F)C2)cc1C. The van der Waals surface area contributed by atoms with Gasteiger partial charge in [0.1, 0.15) is 0 Å². The first-order chi connectivity index (χ1) is 17.2. The van der Waals surface area contributed by atoms with E-state index >= 15 is 0 Å². The summed E-state index contributed by atoms with van der Waals surface area (Å²) < 4.78 is 52.2. The number of alkyl halides is 3. The minimum absolute atomic E-state index is 0.00645. The maximum atomic E-state index is 14.2. The van der Waals surface area contributed by atoms with Crippen molar-refractivity contribution < 1.29 is 41.9 Å². The van der Waals surface area contributed by atoms with Crippen LogP contribution in [0, 0.1) is 6.92 Å². The van der Waals surface area contributed by atoms with Crippen LogP contribution in [0.2, 0.25) is 10.0 Å². The van der Waals surface area contributed by atoms with Crippen LogP contribution in [-0.4, -0.2) is 48.1 Å². The molecule has 2 aromatic rings. The molecule has 1 aliphatic rings. The molecule has 8 nitrogen and oxygen atoms in total. The van der Waals surface area contributed by atoms with Crippen LogP contribution < -0.4 is 0 Å². The van der Waals surface area contributed by atoms with Gasteiger partial charge in [0, 0.05) is 27.6 Å². The number of benzene rings is 2. The lowest BCUT2D eigenvalue weighted by Crippen LogP contribution is -2.43. The number of methoxy groups -OCH3 is 1. The van der Waals surface area contributed by atoms with Crippen molar-refractivity contribution in [3.05, 3.63) is 68.7 Å². The second-order valence-electron chi connectivity index (χ2n) is 8.36. The van der Waals surface area contributed by atoms with Crippen molar-refractivity contribution in [1.29, 1.82) is 0 Å². The summed E-state index contributed by atoms with van der Waals surface area (Å²) in [4.78, 5) is 42.6. The van der Waals surface area contributed by atoms with Crippen LogP contribution in [0.1, 0.15) is 47.3 Å². The topological polar surface area (TPSA) is 94.5 Å². The Kier molecular flexibility index (Phi) is 8.09. The van der Waals surface area contributed by atoms with Crippen molar-refractivity contribution >= 4 is 47.0 Å². The minimum Gasteiger partial charge on any atom is -0.452 e. The molecule has 1 aliphatic heterocycles. The van der Waals surface area contributed by atoms with Gasteiger partial charge in [-0.3, -0.25) is 4.79 Å². The van der Waals surface area contributed by atoms with Gasteiger partial charge in [-0.15, -0.1) is 4.90 Å². The average Bonchev–Trinajstić information content (AvgIpc) is 3.25. The summed E-state index contributed by atoms with van der Waals surface area (Å²) >= 11 is 11.8. The van der Waals surface area contributed by atoms with Gasteiger partial charge < -0.3 is 14.3 Å². The Labute approximate surface area is 219 Å². The number of hydrogen-bond donors (Lipinski definition) is 0. The maximum Gasteiger partial charge on any atom is 0.435 e. The van der Waals surface area contributed by atoms with Crippen LogP contribution in [0.3, 0.4) is 0 Å². The zero-order valence-electron chi connectivity index (χ0n) is 20.0. The molecule has 0 N–H and O–H groups in total. The normalized spacial score (nSPS) is 17.2. The van der Waals surface area contributed by atoms with E-state index < -0.39 is 42.4 Å². The second kappa shape index (κ2) is 10.6. The van der Waals surface area contributed by atoms with E-state index in [1.54, 1.807) is 0 Å². The lowest BCUT2D eigenvalue weighted by Gasteiger charge is -2.29. The van der Waals surface area contributed by atoms with E-state index in [1.807, 2.05) is 0 Å². The lowest BCUT2D eigenvalue weighted by molar-refractivity contribution is -0.275. The number of imide groups is 3. The van der Waals surface area contributed by atoms with Crippen molar-refractivity contribution in [3.8, 4) is 0 Å². The molecule has 13 heteroatoms. The van der Waals surface area contributed by atoms with Gasteiger partial charge >= 0.3 is 18.4 Å². The lowest BCUT2D eigenvalue weighted by atomic mass is 9.86. The predicted octanol–water partition coefficient (Wildman–Crippen LogP) is 6.64. The summed E-state index contributed by atoms with van der Waals surface area (Å²) in [6, 6.07) is 7.45. The fourth-order valence-electron chi connectivity index (χ4n) is 3.64. The Morgan fingerprint density at radius 3 is 2.22 bits per heavy atom. The first-order valence-corrected chi connectivity index (χ1v) is 11.5. The van der Waals surface area contributed by atoms with E-state index in [4.69, 9.17) is 32.8 Å². The van der Waals surface area contributed by atoms with Gasteiger partial charge in [-0.05, 0) is 62.2 Å². The van der Waals surface area contributed by atoms with E-state index in [1.165, 1.54) is 45.0 Å². The molecule has 0 bridgehead atoms. The van der Waals surface area contributed by atoms with Gasteiger partial charge in [0.25, 0.3) is 11.5 Å². The number of amides is 3. The smallest absolute Gasteiger partial charge is 0.435 e. The molecule has 0 spiro atoms. The molecule has 1 unspecified atom stereocenters. The van der Waals surface area contributed by atoms with Crippen LogP contribution >= 0.6 is 23.2 Å². The summed E-state index contributed by atoms with van der Waals surface area (Å²) in [6.45, 7) is 4.53. The zero-order valence-corrected chi connectivity index (χ0v) is 21.5. The number of oxime groups is 1. The van der Waals surface area contributed by atoms with Gasteiger partial charge in [0.2, 0.25) is 0 Å². The van der Waals surface area contributed by atoms with E-state index in [-0.39, 0.29) is 42.9 Å². The number of aryl methyl sites for hydroxylation is 1. The molecule has 0 aromatic heterocycles. The highest BCUT2D eigenvalue weighted by molar-refractivity contribution is 6.34. The predicted molar refractivity (Wildman–Crippen MR) is 128 cm³/mol. The highest BCUT2D eigenvalue weighted by Gasteiger charge is 2.62. The average molecular weight is 561 g/mol. The highest BCUT2D eigenvalue weighted by atomic mass is 35.5. The van der Waals surface area contributed by atoms with Crippen molar-refractivity contribution in [2.24, 2.45) is 5.16 Å².